The van der Waals surface area contributed by atoms with Gasteiger partial charge in [-0.3, -0.25) is 0 Å². The molecule has 4 rings (SSSR count). The summed E-state index contributed by atoms with van der Waals surface area (Å²) in [4.78, 5) is 12.9. The molecule has 0 aliphatic heterocycles. The first-order valence-electron chi connectivity index (χ1n) is 12.0. The van der Waals surface area contributed by atoms with Crippen LogP contribution in [0.1, 0.15) is 42.9 Å². The number of ether oxygens (including phenoxy) is 2. The Morgan fingerprint density at radius 2 is 1.42 bits per heavy atom. The molecule has 0 aliphatic rings. The van der Waals surface area contributed by atoms with Crippen LogP contribution in [0.25, 0.3) is 22.8 Å². The predicted molar refractivity (Wildman–Crippen MR) is 140 cm³/mol. The maximum Gasteiger partial charge on any atom is 0.167 e. The van der Waals surface area contributed by atoms with Gasteiger partial charge in [-0.1, -0.05) is 37.6 Å². The van der Waals surface area contributed by atoms with E-state index in [9.17, 15) is 10.2 Å². The second-order valence-electron chi connectivity index (χ2n) is 8.91. The molecule has 1 aromatic heterocycles. The average Bonchev–Trinajstić information content (AvgIpc) is 2.86. The fourth-order valence-corrected chi connectivity index (χ4v) is 4.05. The van der Waals surface area contributed by atoms with Gasteiger partial charge in [0.25, 0.3) is 0 Å². The van der Waals surface area contributed by atoms with Crippen LogP contribution in [0.5, 0.6) is 23.0 Å². The van der Waals surface area contributed by atoms with Crippen molar-refractivity contribution in [3.05, 3.63) is 77.6 Å². The second-order valence-corrected chi connectivity index (χ2v) is 8.91. The molecule has 0 amide bonds. The van der Waals surface area contributed by atoms with Crippen LogP contribution < -0.4 is 9.47 Å². The van der Waals surface area contributed by atoms with Crippen molar-refractivity contribution >= 4 is 0 Å². The first kappa shape index (κ1) is 25.0. The summed E-state index contributed by atoms with van der Waals surface area (Å²) in [5.41, 5.74) is 4.61. The molecule has 0 fully saturated rings. The summed E-state index contributed by atoms with van der Waals surface area (Å²) in [7, 11) is 0. The summed E-state index contributed by atoms with van der Waals surface area (Å²) in [6.07, 6.45) is 2.23. The zero-order valence-electron chi connectivity index (χ0n) is 21.0. The largest absolute Gasteiger partial charge is 0.507 e. The van der Waals surface area contributed by atoms with E-state index < -0.39 is 0 Å². The third kappa shape index (κ3) is 5.74. The van der Waals surface area contributed by atoms with E-state index in [2.05, 4.69) is 53.9 Å². The van der Waals surface area contributed by atoms with Crippen molar-refractivity contribution in [3.8, 4) is 45.8 Å². The normalized spacial score (nSPS) is 11.8. The monoisotopic (exact) mass is 485 g/mol. The fourth-order valence-electron chi connectivity index (χ4n) is 4.05. The highest BCUT2D eigenvalue weighted by Crippen LogP contribution is 2.34. The summed E-state index contributed by atoms with van der Waals surface area (Å²) in [5, 5.41) is 21.2. The molecule has 0 saturated carbocycles. The van der Waals surface area contributed by atoms with Crippen molar-refractivity contribution in [1.29, 1.82) is 0 Å². The number of phenolic OH excluding ortho intramolecular Hbond substituents is 2. The summed E-state index contributed by atoms with van der Waals surface area (Å²) in [6.45, 7) is 9.38. The van der Waals surface area contributed by atoms with Crippen molar-refractivity contribution < 1.29 is 19.7 Å². The molecule has 36 heavy (non-hydrogen) atoms. The van der Waals surface area contributed by atoms with Gasteiger partial charge in [-0.2, -0.15) is 0 Å². The highest BCUT2D eigenvalue weighted by Gasteiger charge is 2.15. The molecule has 7 nitrogen and oxygen atoms in total. The lowest BCUT2D eigenvalue weighted by Crippen LogP contribution is -2.08. The fraction of sp³-hybridized carbons (Fsp3) is 0.276. The van der Waals surface area contributed by atoms with Gasteiger partial charge in [0.1, 0.15) is 29.3 Å². The maximum absolute atomic E-state index is 10.7. The van der Waals surface area contributed by atoms with Crippen LogP contribution in [0.15, 0.2) is 60.9 Å². The third-order valence-electron chi connectivity index (χ3n) is 5.92. The van der Waals surface area contributed by atoms with E-state index in [1.165, 1.54) is 29.1 Å². The Bertz CT molecular complexity index is 1360. The number of benzene rings is 3. The van der Waals surface area contributed by atoms with Gasteiger partial charge in [0.05, 0.1) is 24.3 Å². The molecule has 1 unspecified atom stereocenters. The van der Waals surface area contributed by atoms with E-state index in [1.807, 2.05) is 6.92 Å². The van der Waals surface area contributed by atoms with Crippen LogP contribution in [0.2, 0.25) is 0 Å². The number of hydrogen-bond acceptors (Lipinski definition) is 7. The highest BCUT2D eigenvalue weighted by atomic mass is 16.5. The van der Waals surface area contributed by atoms with E-state index >= 15 is 0 Å². The van der Waals surface area contributed by atoms with Gasteiger partial charge in [-0.05, 0) is 55.7 Å². The van der Waals surface area contributed by atoms with Crippen molar-refractivity contribution in [2.75, 3.05) is 13.2 Å². The van der Waals surface area contributed by atoms with Crippen LogP contribution in [0.4, 0.5) is 0 Å². The van der Waals surface area contributed by atoms with Crippen molar-refractivity contribution in [2.24, 2.45) is 0 Å². The predicted octanol–water partition coefficient (Wildman–Crippen LogP) is 6.20. The molecule has 0 spiro atoms. The van der Waals surface area contributed by atoms with Gasteiger partial charge in [-0.15, -0.1) is 0 Å². The summed E-state index contributed by atoms with van der Waals surface area (Å²) in [5.74, 6) is 1.92. The van der Waals surface area contributed by atoms with Gasteiger partial charge >= 0.3 is 0 Å². The van der Waals surface area contributed by atoms with E-state index in [-0.39, 0.29) is 17.4 Å². The minimum Gasteiger partial charge on any atom is -0.507 e. The van der Waals surface area contributed by atoms with Crippen LogP contribution >= 0.6 is 0 Å². The second kappa shape index (κ2) is 11.1. The number of rotatable bonds is 9. The van der Waals surface area contributed by atoms with Gasteiger partial charge < -0.3 is 19.7 Å². The first-order valence-corrected chi connectivity index (χ1v) is 12.0. The summed E-state index contributed by atoms with van der Waals surface area (Å²) < 4.78 is 11.5. The molecule has 7 heteroatoms. The van der Waals surface area contributed by atoms with Crippen molar-refractivity contribution in [3.63, 3.8) is 0 Å². The number of phenols is 2. The molecule has 1 atom stereocenters. The molecular formula is C29H31N3O4. The number of nitrogens with zero attached hydrogens (tertiary/aromatic N) is 3. The van der Waals surface area contributed by atoms with Gasteiger partial charge in [0.2, 0.25) is 0 Å². The molecule has 0 radical (unpaired) electrons. The molecule has 3 aromatic carbocycles. The summed E-state index contributed by atoms with van der Waals surface area (Å²) >= 11 is 0. The van der Waals surface area contributed by atoms with Crippen LogP contribution in [-0.2, 0) is 0 Å². The lowest BCUT2D eigenvalue weighted by molar-refractivity contribution is 0.294. The Balaban J connectivity index is 1.49. The molecule has 2 N–H and O–H groups in total. The zero-order chi connectivity index (χ0) is 25.7. The van der Waals surface area contributed by atoms with Crippen LogP contribution in [0.3, 0.4) is 0 Å². The number of aromatic hydroxyl groups is 2. The third-order valence-corrected chi connectivity index (χ3v) is 5.92. The molecular weight excluding hydrogens is 454 g/mol. The van der Waals surface area contributed by atoms with E-state index in [0.717, 1.165) is 6.42 Å². The van der Waals surface area contributed by atoms with Crippen molar-refractivity contribution in [2.45, 2.75) is 40.0 Å². The topological polar surface area (TPSA) is 97.6 Å². The van der Waals surface area contributed by atoms with Crippen LogP contribution in [0, 0.1) is 13.8 Å². The summed E-state index contributed by atoms with van der Waals surface area (Å²) in [6, 6.07) is 16.5. The standard InChI is InChI=1S/C29H31N3O4/c1-5-12-35-21-7-10-24(26(33)14-21)28-30-17-31-29(32-28)25-11-8-22(15-27(25)34)36-16-20(4)23-9-6-18(2)13-19(23)3/h6-11,13-15,17,20,33-34H,5,12,16H2,1-4H3. The first-order chi connectivity index (χ1) is 17.4. The molecule has 0 saturated heterocycles. The van der Waals surface area contributed by atoms with Gasteiger partial charge in [-0.25, -0.2) is 15.0 Å². The lowest BCUT2D eigenvalue weighted by Gasteiger charge is -2.17. The van der Waals surface area contributed by atoms with Gasteiger partial charge in [0.15, 0.2) is 11.6 Å². The van der Waals surface area contributed by atoms with Crippen LogP contribution in [-0.4, -0.2) is 38.4 Å². The Kier molecular flexibility index (Phi) is 7.68. The zero-order valence-corrected chi connectivity index (χ0v) is 21.0. The molecule has 1 heterocycles. The number of aromatic nitrogens is 3. The smallest absolute Gasteiger partial charge is 0.167 e. The van der Waals surface area contributed by atoms with E-state index in [1.54, 1.807) is 30.3 Å². The minimum atomic E-state index is -0.00337. The molecule has 0 aliphatic carbocycles. The SMILES string of the molecule is CCCOc1ccc(-c2ncnc(-c3ccc(OCC(C)c4ccc(C)cc4C)cc3O)n2)c(O)c1. The van der Waals surface area contributed by atoms with E-state index in [4.69, 9.17) is 9.47 Å². The van der Waals surface area contributed by atoms with Crippen molar-refractivity contribution in [1.82, 2.24) is 15.0 Å². The maximum atomic E-state index is 10.7. The van der Waals surface area contributed by atoms with E-state index in [0.29, 0.717) is 47.5 Å². The quantitative estimate of drug-likeness (QED) is 0.291. The Labute approximate surface area is 211 Å². The minimum absolute atomic E-state index is 0.00337. The molecule has 0 bridgehead atoms. The average molecular weight is 486 g/mol. The highest BCUT2D eigenvalue weighted by molar-refractivity contribution is 5.69. The molecule has 4 aromatic rings. The Morgan fingerprint density at radius 1 is 0.806 bits per heavy atom. The Hall–Kier alpha value is -4.13. The Morgan fingerprint density at radius 3 is 1.97 bits per heavy atom. The molecule has 186 valence electrons. The number of aryl methyl sites for hydroxylation is 2. The number of hydrogen-bond donors (Lipinski definition) is 2. The lowest BCUT2D eigenvalue weighted by atomic mass is 9.96. The van der Waals surface area contributed by atoms with Gasteiger partial charge in [0, 0.05) is 18.1 Å².